The van der Waals surface area contributed by atoms with Gasteiger partial charge in [0.2, 0.25) is 0 Å². The Morgan fingerprint density at radius 2 is 1.67 bits per heavy atom. The Bertz CT molecular complexity index is 649. The Morgan fingerprint density at radius 1 is 1.11 bits per heavy atom. The smallest absolute Gasteiger partial charge is 0.123 e. The zero-order chi connectivity index (χ0) is 20.2. The third kappa shape index (κ3) is 7.29. The zero-order valence-corrected chi connectivity index (χ0v) is 18.8. The van der Waals surface area contributed by atoms with Gasteiger partial charge in [0.1, 0.15) is 5.82 Å². The number of allylic oxidation sites excluding steroid dienone is 2. The minimum absolute atomic E-state index is 0.192. The number of benzene rings is 1. The summed E-state index contributed by atoms with van der Waals surface area (Å²) in [5.74, 6) is 1.29. The van der Waals surface area contributed by atoms with Crippen LogP contribution in [0, 0.1) is 11.7 Å². The molecule has 3 heteroatoms. The minimum atomic E-state index is -0.192. The Labute approximate surface area is 170 Å². The maximum absolute atomic E-state index is 13.3. The van der Waals surface area contributed by atoms with E-state index in [-0.39, 0.29) is 5.82 Å². The second-order valence-corrected chi connectivity index (χ2v) is 8.02. The van der Waals surface area contributed by atoms with Crippen molar-refractivity contribution in [2.75, 3.05) is 5.75 Å². The van der Waals surface area contributed by atoms with Crippen LogP contribution < -0.4 is 0 Å². The number of hydrogen-bond donors (Lipinski definition) is 0. The second-order valence-electron chi connectivity index (χ2n) is 7.03. The number of thioether (sulfide) groups is 1. The van der Waals surface area contributed by atoms with E-state index < -0.39 is 0 Å². The number of nitrogens with zero attached hydrogens (tertiary/aromatic N) is 1. The number of halogens is 1. The van der Waals surface area contributed by atoms with Crippen LogP contribution in [0.15, 0.2) is 46.6 Å². The summed E-state index contributed by atoms with van der Waals surface area (Å²) < 4.78 is 13.3. The van der Waals surface area contributed by atoms with Crippen molar-refractivity contribution in [3.63, 3.8) is 0 Å². The van der Waals surface area contributed by atoms with Crippen molar-refractivity contribution in [1.82, 2.24) is 0 Å². The van der Waals surface area contributed by atoms with Crippen molar-refractivity contribution < 1.29 is 4.39 Å². The Morgan fingerprint density at radius 3 is 2.15 bits per heavy atom. The minimum Gasteiger partial charge on any atom is -0.246 e. The molecule has 0 unspecified atom stereocenters. The Balaban J connectivity index is 0.00000114. The standard InChI is InChI=1S/C21H28FNS.C3H8/c1-5-8-17(9-6-2)21-23-20(15(4)7-3)19(14-24-21)16-10-12-18(22)13-11-16;1-3-2/h7,10-13,17H,5-6,8-9,14H2,1-4H3;3H2,1-2H3/b15-7+;. The maximum Gasteiger partial charge on any atom is 0.123 e. The van der Waals surface area contributed by atoms with E-state index >= 15 is 0 Å². The molecule has 0 bridgehead atoms. The zero-order valence-electron chi connectivity index (χ0n) is 17.9. The fourth-order valence-corrected chi connectivity index (χ4v) is 4.28. The number of hydrogen-bond acceptors (Lipinski definition) is 2. The van der Waals surface area contributed by atoms with Gasteiger partial charge in [0.25, 0.3) is 0 Å². The largest absolute Gasteiger partial charge is 0.246 e. The van der Waals surface area contributed by atoms with Gasteiger partial charge in [-0.05, 0) is 55.5 Å². The highest BCUT2D eigenvalue weighted by atomic mass is 32.2. The molecule has 0 spiro atoms. The molecular formula is C24H36FNS. The molecule has 0 aromatic heterocycles. The average molecular weight is 390 g/mol. The van der Waals surface area contributed by atoms with Gasteiger partial charge in [-0.3, -0.25) is 0 Å². The molecule has 0 saturated carbocycles. The van der Waals surface area contributed by atoms with E-state index in [0.717, 1.165) is 17.0 Å². The molecule has 27 heavy (non-hydrogen) atoms. The average Bonchev–Trinajstić information content (AvgIpc) is 2.68. The molecule has 0 aliphatic carbocycles. The van der Waals surface area contributed by atoms with Gasteiger partial charge < -0.3 is 0 Å². The van der Waals surface area contributed by atoms with Crippen LogP contribution in [-0.4, -0.2) is 10.8 Å². The van der Waals surface area contributed by atoms with Gasteiger partial charge in [-0.15, -0.1) is 11.8 Å². The van der Waals surface area contributed by atoms with Crippen LogP contribution in [-0.2, 0) is 0 Å². The number of aliphatic imine (C=N–C) groups is 1. The monoisotopic (exact) mass is 389 g/mol. The highest BCUT2D eigenvalue weighted by Gasteiger charge is 2.23. The van der Waals surface area contributed by atoms with Crippen LogP contribution in [0.4, 0.5) is 4.39 Å². The van der Waals surface area contributed by atoms with Crippen LogP contribution in [0.5, 0.6) is 0 Å². The first-order valence-electron chi connectivity index (χ1n) is 10.4. The lowest BCUT2D eigenvalue weighted by Gasteiger charge is -2.25. The van der Waals surface area contributed by atoms with Gasteiger partial charge >= 0.3 is 0 Å². The third-order valence-corrected chi connectivity index (χ3v) is 5.65. The van der Waals surface area contributed by atoms with Crippen molar-refractivity contribution in [2.45, 2.75) is 73.6 Å². The normalized spacial score (nSPS) is 14.8. The molecule has 2 rings (SSSR count). The van der Waals surface area contributed by atoms with Gasteiger partial charge in [0.15, 0.2) is 0 Å². The molecule has 0 N–H and O–H groups in total. The quantitative estimate of drug-likeness (QED) is 0.457. The first kappa shape index (κ1) is 23.7. The molecule has 1 aromatic carbocycles. The van der Waals surface area contributed by atoms with E-state index in [1.54, 1.807) is 0 Å². The molecule has 1 aromatic rings. The highest BCUT2D eigenvalue weighted by Crippen LogP contribution is 2.37. The van der Waals surface area contributed by atoms with Gasteiger partial charge in [-0.25, -0.2) is 9.38 Å². The first-order chi connectivity index (χ1) is 13.0. The molecule has 0 fully saturated rings. The van der Waals surface area contributed by atoms with E-state index in [9.17, 15) is 4.39 Å². The van der Waals surface area contributed by atoms with Gasteiger partial charge in [0.05, 0.1) is 10.7 Å². The lowest BCUT2D eigenvalue weighted by Crippen LogP contribution is -2.16. The van der Waals surface area contributed by atoms with Gasteiger partial charge in [-0.2, -0.15) is 0 Å². The molecule has 0 saturated heterocycles. The molecule has 1 aliphatic heterocycles. The lowest BCUT2D eigenvalue weighted by atomic mass is 9.98. The molecule has 1 heterocycles. The van der Waals surface area contributed by atoms with Crippen LogP contribution in [0.1, 0.15) is 79.2 Å². The van der Waals surface area contributed by atoms with Gasteiger partial charge in [0, 0.05) is 11.7 Å². The van der Waals surface area contributed by atoms with Crippen molar-refractivity contribution >= 4 is 22.4 Å². The van der Waals surface area contributed by atoms with E-state index in [2.05, 4.69) is 47.6 Å². The summed E-state index contributed by atoms with van der Waals surface area (Å²) in [6.45, 7) is 12.9. The van der Waals surface area contributed by atoms with Crippen molar-refractivity contribution in [2.24, 2.45) is 10.9 Å². The van der Waals surface area contributed by atoms with Crippen molar-refractivity contribution in [3.05, 3.63) is 53.0 Å². The molecule has 1 aliphatic rings. The summed E-state index contributed by atoms with van der Waals surface area (Å²) in [4.78, 5) is 5.07. The first-order valence-corrected chi connectivity index (χ1v) is 11.3. The molecule has 0 atom stereocenters. The Hall–Kier alpha value is -1.35. The van der Waals surface area contributed by atoms with Crippen LogP contribution in [0.25, 0.3) is 5.57 Å². The predicted molar refractivity (Wildman–Crippen MR) is 122 cm³/mol. The summed E-state index contributed by atoms with van der Waals surface area (Å²) in [6, 6.07) is 6.80. The fraction of sp³-hybridized carbons (Fsp3) is 0.542. The SMILES string of the molecule is C/C=C(\C)C1=C(c2ccc(F)cc2)CSC(C(CCC)CCC)=N1.CCC. The number of rotatable bonds is 7. The molecular weight excluding hydrogens is 353 g/mol. The summed E-state index contributed by atoms with van der Waals surface area (Å²) >= 11 is 1.86. The van der Waals surface area contributed by atoms with E-state index in [1.165, 1.54) is 60.4 Å². The topological polar surface area (TPSA) is 12.4 Å². The summed E-state index contributed by atoms with van der Waals surface area (Å²) in [5, 5.41) is 1.28. The summed E-state index contributed by atoms with van der Waals surface area (Å²) in [6.07, 6.45) is 8.15. The molecule has 0 amide bonds. The van der Waals surface area contributed by atoms with Crippen LogP contribution in [0.3, 0.4) is 0 Å². The van der Waals surface area contributed by atoms with E-state index in [1.807, 2.05) is 23.9 Å². The summed E-state index contributed by atoms with van der Waals surface area (Å²) in [5.41, 5.74) is 4.56. The molecule has 150 valence electrons. The van der Waals surface area contributed by atoms with E-state index in [4.69, 9.17) is 4.99 Å². The van der Waals surface area contributed by atoms with Crippen molar-refractivity contribution in [1.29, 1.82) is 0 Å². The second kappa shape index (κ2) is 12.9. The summed E-state index contributed by atoms with van der Waals surface area (Å²) in [7, 11) is 0. The van der Waals surface area contributed by atoms with E-state index in [0.29, 0.717) is 5.92 Å². The highest BCUT2D eigenvalue weighted by molar-refractivity contribution is 8.14. The van der Waals surface area contributed by atoms with Crippen molar-refractivity contribution in [3.8, 4) is 0 Å². The van der Waals surface area contributed by atoms with Gasteiger partial charge in [-0.1, -0.05) is 65.2 Å². The molecule has 0 radical (unpaired) electrons. The molecule has 1 nitrogen and oxygen atoms in total. The third-order valence-electron chi connectivity index (χ3n) is 4.49. The lowest BCUT2D eigenvalue weighted by molar-refractivity contribution is 0.564. The predicted octanol–water partition coefficient (Wildman–Crippen LogP) is 8.28. The fourth-order valence-electron chi connectivity index (χ4n) is 3.06. The van der Waals surface area contributed by atoms with Crippen LogP contribution >= 0.6 is 11.8 Å². The maximum atomic E-state index is 13.3. The van der Waals surface area contributed by atoms with Crippen LogP contribution in [0.2, 0.25) is 0 Å². The Kier molecular flexibility index (Phi) is 11.3.